The second-order valence-corrected chi connectivity index (χ2v) is 7.98. The molecule has 2 aromatic rings. The second-order valence-electron chi connectivity index (χ2n) is 7.54. The summed E-state index contributed by atoms with van der Waals surface area (Å²) in [5.74, 6) is 0.788. The Morgan fingerprint density at radius 1 is 1.13 bits per heavy atom. The van der Waals surface area contributed by atoms with Gasteiger partial charge in [0.2, 0.25) is 5.91 Å². The fourth-order valence-corrected chi connectivity index (χ4v) is 3.66. The van der Waals surface area contributed by atoms with E-state index in [1.165, 1.54) is 7.11 Å². The van der Waals surface area contributed by atoms with E-state index in [-0.39, 0.29) is 17.7 Å². The summed E-state index contributed by atoms with van der Waals surface area (Å²) in [6.07, 6.45) is 1.77. The van der Waals surface area contributed by atoms with E-state index in [9.17, 15) is 9.59 Å². The van der Waals surface area contributed by atoms with Gasteiger partial charge in [-0.25, -0.2) is 4.98 Å². The van der Waals surface area contributed by atoms with Crippen molar-refractivity contribution in [3.63, 3.8) is 0 Å². The number of aromatic nitrogens is 1. The number of anilines is 1. The Morgan fingerprint density at radius 2 is 1.87 bits per heavy atom. The van der Waals surface area contributed by atoms with Gasteiger partial charge in [-0.05, 0) is 36.2 Å². The number of methoxy groups -OCH3 is 1. The van der Waals surface area contributed by atoms with E-state index in [1.807, 2.05) is 32.0 Å². The minimum atomic E-state index is -0.636. The van der Waals surface area contributed by atoms with Gasteiger partial charge in [0.05, 0.1) is 12.7 Å². The molecule has 2 amide bonds. The van der Waals surface area contributed by atoms with Crippen molar-refractivity contribution in [3.05, 3.63) is 53.2 Å². The molecular weight excluding hydrogens is 404 g/mol. The number of benzene rings is 1. The summed E-state index contributed by atoms with van der Waals surface area (Å²) in [6, 6.07) is 10.0. The number of hydrogen-bond donors (Lipinski definition) is 1. The van der Waals surface area contributed by atoms with Crippen LogP contribution in [0.5, 0.6) is 5.75 Å². The highest BCUT2D eigenvalue weighted by Crippen LogP contribution is 2.23. The van der Waals surface area contributed by atoms with Crippen molar-refractivity contribution in [2.45, 2.75) is 19.9 Å². The van der Waals surface area contributed by atoms with Crippen molar-refractivity contribution in [2.75, 3.05) is 38.2 Å². The zero-order valence-electron chi connectivity index (χ0n) is 17.5. The third-order valence-electron chi connectivity index (χ3n) is 5.19. The first-order valence-electron chi connectivity index (χ1n) is 10.00. The number of carbonyl (C=O) groups excluding carboxylic acids is 2. The molecule has 1 aliphatic rings. The quantitative estimate of drug-likeness (QED) is 0.762. The maximum atomic E-state index is 13.2. The Hall–Kier alpha value is -2.80. The molecule has 0 bridgehead atoms. The summed E-state index contributed by atoms with van der Waals surface area (Å²) in [5.41, 5.74) is 0.309. The predicted octanol–water partition coefficient (Wildman–Crippen LogP) is 2.85. The van der Waals surface area contributed by atoms with Crippen LogP contribution in [-0.2, 0) is 4.79 Å². The molecular formula is C22H27ClN4O3. The number of rotatable bonds is 6. The summed E-state index contributed by atoms with van der Waals surface area (Å²) in [6.45, 7) is 6.39. The molecule has 1 N–H and O–H groups in total. The third kappa shape index (κ3) is 5.02. The van der Waals surface area contributed by atoms with Gasteiger partial charge in [-0.1, -0.05) is 31.5 Å². The largest absolute Gasteiger partial charge is 0.496 e. The molecule has 1 aliphatic heterocycles. The molecule has 1 aromatic heterocycles. The van der Waals surface area contributed by atoms with Crippen molar-refractivity contribution < 1.29 is 14.3 Å². The summed E-state index contributed by atoms with van der Waals surface area (Å²) in [7, 11) is 1.49. The molecule has 1 fully saturated rings. The Bertz CT molecular complexity index is 883. The molecule has 3 rings (SSSR count). The first kappa shape index (κ1) is 21.9. The molecule has 0 unspecified atom stereocenters. The predicted molar refractivity (Wildman–Crippen MR) is 117 cm³/mol. The standard InChI is InChI=1S/C22H27ClN4O3/c1-15(2)20(25-21(28)17-14-16(23)7-8-18(17)30-3)22(29)27-12-10-26(11-13-27)19-6-4-5-9-24-19/h4-9,14-15,20H,10-13H2,1-3H3,(H,25,28)/t20-/m0/s1. The van der Waals surface area contributed by atoms with Crippen LogP contribution in [0.3, 0.4) is 0 Å². The van der Waals surface area contributed by atoms with Gasteiger partial charge in [-0.15, -0.1) is 0 Å². The van der Waals surface area contributed by atoms with E-state index < -0.39 is 6.04 Å². The maximum absolute atomic E-state index is 13.2. The molecule has 0 aliphatic carbocycles. The topological polar surface area (TPSA) is 74.8 Å². The zero-order chi connectivity index (χ0) is 21.7. The van der Waals surface area contributed by atoms with Gasteiger partial charge in [-0.2, -0.15) is 0 Å². The molecule has 7 nitrogen and oxygen atoms in total. The lowest BCUT2D eigenvalue weighted by Gasteiger charge is -2.37. The maximum Gasteiger partial charge on any atom is 0.255 e. The lowest BCUT2D eigenvalue weighted by atomic mass is 10.0. The molecule has 1 saturated heterocycles. The van der Waals surface area contributed by atoms with Crippen molar-refractivity contribution in [2.24, 2.45) is 5.92 Å². The summed E-state index contributed by atoms with van der Waals surface area (Å²) in [4.78, 5) is 34.4. The number of halogens is 1. The van der Waals surface area contributed by atoms with Gasteiger partial charge in [0.15, 0.2) is 0 Å². The number of nitrogens with one attached hydrogen (secondary N) is 1. The molecule has 30 heavy (non-hydrogen) atoms. The molecule has 1 aromatic carbocycles. The highest BCUT2D eigenvalue weighted by molar-refractivity contribution is 6.31. The molecule has 160 valence electrons. The van der Waals surface area contributed by atoms with Crippen LogP contribution in [0.1, 0.15) is 24.2 Å². The highest BCUT2D eigenvalue weighted by atomic mass is 35.5. The van der Waals surface area contributed by atoms with Crippen LogP contribution in [-0.4, -0.2) is 61.0 Å². The summed E-state index contributed by atoms with van der Waals surface area (Å²) in [5, 5.41) is 3.31. The molecule has 1 atom stereocenters. The number of amides is 2. The number of pyridine rings is 1. The monoisotopic (exact) mass is 430 g/mol. The SMILES string of the molecule is COc1ccc(Cl)cc1C(=O)N[C@H](C(=O)N1CCN(c2ccccn2)CC1)C(C)C. The average Bonchev–Trinajstić information content (AvgIpc) is 2.77. The van der Waals surface area contributed by atoms with E-state index in [2.05, 4.69) is 15.2 Å². The Balaban J connectivity index is 1.67. The first-order valence-corrected chi connectivity index (χ1v) is 10.4. The fourth-order valence-electron chi connectivity index (χ4n) is 3.48. The second kappa shape index (κ2) is 9.80. The average molecular weight is 431 g/mol. The molecule has 8 heteroatoms. The van der Waals surface area contributed by atoms with Crippen molar-refractivity contribution in [1.82, 2.24) is 15.2 Å². The van der Waals surface area contributed by atoms with E-state index in [1.54, 1.807) is 29.3 Å². The van der Waals surface area contributed by atoms with E-state index in [4.69, 9.17) is 16.3 Å². The summed E-state index contributed by atoms with van der Waals surface area (Å²) >= 11 is 6.04. The summed E-state index contributed by atoms with van der Waals surface area (Å²) < 4.78 is 5.27. The molecule has 0 saturated carbocycles. The Labute approximate surface area is 182 Å². The van der Waals surface area contributed by atoms with Gasteiger partial charge in [0.25, 0.3) is 5.91 Å². The van der Waals surface area contributed by atoms with Crippen LogP contribution in [0.4, 0.5) is 5.82 Å². The zero-order valence-corrected chi connectivity index (χ0v) is 18.2. The number of hydrogen-bond acceptors (Lipinski definition) is 5. The normalized spacial score (nSPS) is 15.1. The fraction of sp³-hybridized carbons (Fsp3) is 0.409. The van der Waals surface area contributed by atoms with Crippen LogP contribution in [0.15, 0.2) is 42.6 Å². The van der Waals surface area contributed by atoms with E-state index in [0.29, 0.717) is 42.5 Å². The minimum Gasteiger partial charge on any atom is -0.496 e. The lowest BCUT2D eigenvalue weighted by Crippen LogP contribution is -2.56. The number of ether oxygens (including phenoxy) is 1. The van der Waals surface area contributed by atoms with Crippen molar-refractivity contribution >= 4 is 29.2 Å². The molecule has 2 heterocycles. The van der Waals surface area contributed by atoms with Gasteiger partial charge < -0.3 is 19.9 Å². The highest BCUT2D eigenvalue weighted by Gasteiger charge is 2.31. The third-order valence-corrected chi connectivity index (χ3v) is 5.43. The van der Waals surface area contributed by atoms with E-state index in [0.717, 1.165) is 5.82 Å². The van der Waals surface area contributed by atoms with Crippen LogP contribution in [0, 0.1) is 5.92 Å². The van der Waals surface area contributed by atoms with Crippen LogP contribution in [0.25, 0.3) is 0 Å². The minimum absolute atomic E-state index is 0.0690. The van der Waals surface area contributed by atoms with Crippen LogP contribution < -0.4 is 15.0 Å². The van der Waals surface area contributed by atoms with E-state index >= 15 is 0 Å². The first-order chi connectivity index (χ1) is 14.4. The smallest absolute Gasteiger partial charge is 0.255 e. The molecule has 0 radical (unpaired) electrons. The van der Waals surface area contributed by atoms with Gasteiger partial charge in [0.1, 0.15) is 17.6 Å². The number of carbonyl (C=O) groups is 2. The molecule has 0 spiro atoms. The van der Waals surface area contributed by atoms with Gasteiger partial charge >= 0.3 is 0 Å². The lowest BCUT2D eigenvalue weighted by molar-refractivity contribution is -0.134. The van der Waals surface area contributed by atoms with Crippen LogP contribution in [0.2, 0.25) is 5.02 Å². The Kier molecular flexibility index (Phi) is 7.15. The number of piperazine rings is 1. The van der Waals surface area contributed by atoms with Crippen molar-refractivity contribution in [3.8, 4) is 5.75 Å². The van der Waals surface area contributed by atoms with Gasteiger partial charge in [0, 0.05) is 37.4 Å². The van der Waals surface area contributed by atoms with Crippen molar-refractivity contribution in [1.29, 1.82) is 0 Å². The Morgan fingerprint density at radius 3 is 2.47 bits per heavy atom. The van der Waals surface area contributed by atoms with Gasteiger partial charge in [-0.3, -0.25) is 9.59 Å². The number of nitrogens with zero attached hydrogens (tertiary/aromatic N) is 3. The van der Waals surface area contributed by atoms with Crippen LogP contribution >= 0.6 is 11.6 Å².